The number of rotatable bonds is 1. The molecule has 0 aliphatic heterocycles. The molecule has 0 aliphatic carbocycles. The van der Waals surface area contributed by atoms with Crippen LogP contribution in [0.2, 0.25) is 5.02 Å². The summed E-state index contributed by atoms with van der Waals surface area (Å²) in [4.78, 5) is 19.4. The molecule has 2 heterocycles. The third-order valence-corrected chi connectivity index (χ3v) is 3.64. The Labute approximate surface area is 117 Å². The normalized spacial score (nSPS) is 11.3. The number of hydrogen-bond donors (Lipinski definition) is 1. The third-order valence-electron chi connectivity index (χ3n) is 2.83. The largest absolute Gasteiger partial charge is 0.321 e. The van der Waals surface area contributed by atoms with Crippen molar-refractivity contribution < 1.29 is 4.52 Å². The number of nitrogens with one attached hydrogen (secondary N) is 1. The zero-order chi connectivity index (χ0) is 13.6. The van der Waals surface area contributed by atoms with Crippen molar-refractivity contribution in [1.29, 1.82) is 0 Å². The van der Waals surface area contributed by atoms with E-state index < -0.39 is 0 Å². The number of aromatic nitrogens is 4. The Hall–Kier alpha value is -1.66. The van der Waals surface area contributed by atoms with Crippen LogP contribution in [0.15, 0.2) is 28.2 Å². The molecule has 1 N–H and O–H groups in total. The number of benzene rings is 1. The number of fused-ring (bicyclic) bond motifs is 3. The first-order valence-corrected chi connectivity index (χ1v) is 7.16. The molecule has 0 fully saturated rings. The van der Waals surface area contributed by atoms with Gasteiger partial charge in [-0.3, -0.25) is 9.78 Å². The third kappa shape index (κ3) is 1.97. The SMILES string of the molecule is CSc1n[n+]2c(C)nc3ccc(Cl)cc3c2c(=O)[nH]1. The molecule has 0 bridgehead atoms. The average molecular weight is 294 g/mol. The standard InChI is InChI=1S/C12H9ClN4OS/c1-6-14-9-4-3-7(13)5-8(9)10-11(18)15-12(19-2)16-17(6)10/h3-5H,1-2H3/p+1. The Kier molecular flexibility index (Phi) is 2.91. The first kappa shape index (κ1) is 12.4. The molecule has 0 aliphatic rings. The summed E-state index contributed by atoms with van der Waals surface area (Å²) in [5.41, 5.74) is 0.992. The maximum atomic E-state index is 12.2. The Balaban J connectivity index is 2.60. The molecule has 5 nitrogen and oxygen atoms in total. The molecule has 0 saturated carbocycles. The molecule has 0 atom stereocenters. The van der Waals surface area contributed by atoms with E-state index >= 15 is 0 Å². The van der Waals surface area contributed by atoms with Crippen molar-refractivity contribution >= 4 is 39.8 Å². The van der Waals surface area contributed by atoms with E-state index in [0.717, 1.165) is 5.52 Å². The molecule has 3 aromatic rings. The summed E-state index contributed by atoms with van der Waals surface area (Å²) in [5.74, 6) is 0.659. The molecular formula is C12H10ClN4OS+. The number of thioether (sulfide) groups is 1. The van der Waals surface area contributed by atoms with Crippen LogP contribution in [-0.2, 0) is 0 Å². The minimum absolute atomic E-state index is 0.197. The topological polar surface area (TPSA) is 62.7 Å². The summed E-state index contributed by atoms with van der Waals surface area (Å²) >= 11 is 7.37. The molecular weight excluding hydrogens is 284 g/mol. The summed E-state index contributed by atoms with van der Waals surface area (Å²) in [6.45, 7) is 1.82. The maximum absolute atomic E-state index is 12.2. The Morgan fingerprint density at radius 1 is 1.42 bits per heavy atom. The van der Waals surface area contributed by atoms with Gasteiger partial charge in [-0.15, -0.1) is 0 Å². The fourth-order valence-corrected chi connectivity index (χ4v) is 2.53. The molecule has 2 aromatic heterocycles. The summed E-state index contributed by atoms with van der Waals surface area (Å²) < 4.78 is 1.56. The number of halogens is 1. The van der Waals surface area contributed by atoms with Crippen LogP contribution in [0, 0.1) is 6.92 Å². The highest BCUT2D eigenvalue weighted by atomic mass is 35.5. The number of hydrogen-bond acceptors (Lipinski definition) is 4. The fraction of sp³-hybridized carbons (Fsp3) is 0.167. The van der Waals surface area contributed by atoms with Gasteiger partial charge in [0.1, 0.15) is 0 Å². The quantitative estimate of drug-likeness (QED) is 0.422. The Morgan fingerprint density at radius 3 is 2.95 bits per heavy atom. The van der Waals surface area contributed by atoms with E-state index in [4.69, 9.17) is 11.6 Å². The van der Waals surface area contributed by atoms with E-state index in [2.05, 4.69) is 15.1 Å². The van der Waals surface area contributed by atoms with Crippen molar-refractivity contribution in [3.63, 3.8) is 0 Å². The predicted octanol–water partition coefficient (Wildman–Crippen LogP) is 1.74. The first-order chi connectivity index (χ1) is 9.10. The van der Waals surface area contributed by atoms with Gasteiger partial charge in [-0.05, 0) is 29.4 Å². The van der Waals surface area contributed by atoms with Crippen LogP contribution >= 0.6 is 23.4 Å². The predicted molar refractivity (Wildman–Crippen MR) is 74.8 cm³/mol. The number of H-pyrrole nitrogens is 1. The second-order valence-electron chi connectivity index (χ2n) is 4.04. The van der Waals surface area contributed by atoms with Crippen LogP contribution in [0.25, 0.3) is 16.4 Å². The molecule has 7 heteroatoms. The van der Waals surface area contributed by atoms with Crippen LogP contribution in [0.3, 0.4) is 0 Å². The summed E-state index contributed by atoms with van der Waals surface area (Å²) in [6.07, 6.45) is 1.85. The number of nitrogens with zero attached hydrogens (tertiary/aromatic N) is 3. The molecule has 0 saturated heterocycles. The van der Waals surface area contributed by atoms with E-state index in [1.165, 1.54) is 11.8 Å². The molecule has 0 spiro atoms. The van der Waals surface area contributed by atoms with Crippen molar-refractivity contribution in [2.75, 3.05) is 6.26 Å². The van der Waals surface area contributed by atoms with E-state index in [9.17, 15) is 4.79 Å². The maximum Gasteiger partial charge on any atom is 0.321 e. The number of aromatic amines is 1. The summed E-state index contributed by atoms with van der Waals surface area (Å²) in [6, 6.07) is 5.28. The zero-order valence-electron chi connectivity index (χ0n) is 10.3. The zero-order valence-corrected chi connectivity index (χ0v) is 11.8. The smallest absolute Gasteiger partial charge is 0.295 e. The van der Waals surface area contributed by atoms with E-state index in [0.29, 0.717) is 26.9 Å². The lowest BCUT2D eigenvalue weighted by Crippen LogP contribution is -2.38. The van der Waals surface area contributed by atoms with Crippen molar-refractivity contribution in [3.05, 3.63) is 39.4 Å². The molecule has 0 amide bonds. The van der Waals surface area contributed by atoms with Crippen LogP contribution in [0.4, 0.5) is 0 Å². The average Bonchev–Trinajstić information content (AvgIpc) is 2.39. The monoisotopic (exact) mass is 293 g/mol. The first-order valence-electron chi connectivity index (χ1n) is 5.56. The van der Waals surface area contributed by atoms with Crippen LogP contribution in [0.5, 0.6) is 0 Å². The summed E-state index contributed by atoms with van der Waals surface area (Å²) in [7, 11) is 0. The van der Waals surface area contributed by atoms with Crippen molar-refractivity contribution in [1.82, 2.24) is 15.1 Å². The van der Waals surface area contributed by atoms with Crippen molar-refractivity contribution in [3.8, 4) is 0 Å². The van der Waals surface area contributed by atoms with Gasteiger partial charge in [0.05, 0.1) is 5.39 Å². The fourth-order valence-electron chi connectivity index (χ4n) is 2.00. The minimum atomic E-state index is -0.197. The molecule has 0 radical (unpaired) electrons. The Bertz CT molecular complexity index is 862. The van der Waals surface area contributed by atoms with E-state index in [-0.39, 0.29) is 5.56 Å². The van der Waals surface area contributed by atoms with E-state index in [1.807, 2.05) is 13.2 Å². The second kappa shape index (κ2) is 4.47. The van der Waals surface area contributed by atoms with Gasteiger partial charge in [-0.25, -0.2) is 0 Å². The summed E-state index contributed by atoms with van der Waals surface area (Å²) in [5, 5.41) is 6.16. The molecule has 1 aromatic carbocycles. The van der Waals surface area contributed by atoms with Gasteiger partial charge in [0.25, 0.3) is 0 Å². The number of aryl methyl sites for hydroxylation is 1. The lowest BCUT2D eigenvalue weighted by atomic mass is 10.2. The van der Waals surface area contributed by atoms with Crippen molar-refractivity contribution in [2.24, 2.45) is 0 Å². The van der Waals surface area contributed by atoms with Gasteiger partial charge < -0.3 is 0 Å². The highest BCUT2D eigenvalue weighted by Gasteiger charge is 2.19. The van der Waals surface area contributed by atoms with E-state index in [1.54, 1.807) is 22.7 Å². The highest BCUT2D eigenvalue weighted by molar-refractivity contribution is 7.98. The van der Waals surface area contributed by atoms with Crippen LogP contribution in [-0.4, -0.2) is 21.3 Å². The van der Waals surface area contributed by atoms with Gasteiger partial charge >= 0.3 is 11.4 Å². The highest BCUT2D eigenvalue weighted by Crippen LogP contribution is 2.19. The van der Waals surface area contributed by atoms with Gasteiger partial charge in [0, 0.05) is 11.9 Å². The van der Waals surface area contributed by atoms with Gasteiger partial charge in [-0.2, -0.15) is 0 Å². The van der Waals surface area contributed by atoms with Crippen molar-refractivity contribution in [2.45, 2.75) is 12.1 Å². The molecule has 19 heavy (non-hydrogen) atoms. The molecule has 0 unspecified atom stereocenters. The van der Waals surface area contributed by atoms with Gasteiger partial charge in [0.2, 0.25) is 10.7 Å². The molecule has 3 rings (SSSR count). The second-order valence-corrected chi connectivity index (χ2v) is 5.28. The van der Waals surface area contributed by atoms with Crippen LogP contribution < -0.4 is 10.1 Å². The lowest BCUT2D eigenvalue weighted by Gasteiger charge is -2.00. The molecule has 96 valence electrons. The van der Waals surface area contributed by atoms with Gasteiger partial charge in [0.15, 0.2) is 5.52 Å². The van der Waals surface area contributed by atoms with Crippen LogP contribution in [0.1, 0.15) is 5.82 Å². The lowest BCUT2D eigenvalue weighted by molar-refractivity contribution is -0.596. The van der Waals surface area contributed by atoms with Gasteiger partial charge in [-0.1, -0.05) is 33.0 Å². The minimum Gasteiger partial charge on any atom is -0.295 e. The Morgan fingerprint density at radius 2 is 2.21 bits per heavy atom.